The average Bonchev–Trinajstić information content (AvgIpc) is 2.86. The van der Waals surface area contributed by atoms with Crippen LogP contribution < -0.4 is 5.32 Å². The number of ether oxygens (including phenoxy) is 1. The van der Waals surface area contributed by atoms with E-state index in [0.717, 1.165) is 58.3 Å². The molecule has 3 atom stereocenters. The third-order valence-electron chi connectivity index (χ3n) is 4.44. The zero-order valence-electron chi connectivity index (χ0n) is 10.4. The molecule has 0 saturated carbocycles. The highest BCUT2D eigenvalue weighted by Crippen LogP contribution is 2.29. The molecule has 3 unspecified atom stereocenters. The summed E-state index contributed by atoms with van der Waals surface area (Å²) in [5.74, 6) is 1.02. The van der Waals surface area contributed by atoms with Gasteiger partial charge in [-0.05, 0) is 44.7 Å². The zero-order valence-corrected chi connectivity index (χ0v) is 10.4. The Kier molecular flexibility index (Phi) is 3.34. The molecule has 96 valence electrons. The van der Waals surface area contributed by atoms with Crippen LogP contribution in [0.2, 0.25) is 0 Å². The van der Waals surface area contributed by atoms with Gasteiger partial charge in [-0.1, -0.05) is 0 Å². The Balaban J connectivity index is 1.67. The van der Waals surface area contributed by atoms with E-state index in [-0.39, 0.29) is 0 Å². The molecular weight excluding hydrogens is 216 g/mol. The van der Waals surface area contributed by atoms with Crippen molar-refractivity contribution in [2.75, 3.05) is 26.2 Å². The number of likely N-dealkylation sites (tertiary alicyclic amines) is 1. The number of nitrogens with zero attached hydrogens (tertiary/aromatic N) is 1. The van der Waals surface area contributed by atoms with Crippen molar-refractivity contribution < 1.29 is 9.53 Å². The van der Waals surface area contributed by atoms with Crippen LogP contribution in [0.15, 0.2) is 0 Å². The maximum Gasteiger partial charge on any atom is 0.222 e. The van der Waals surface area contributed by atoms with Gasteiger partial charge in [-0.15, -0.1) is 0 Å². The van der Waals surface area contributed by atoms with Crippen molar-refractivity contribution in [2.24, 2.45) is 5.92 Å². The molecule has 17 heavy (non-hydrogen) atoms. The summed E-state index contributed by atoms with van der Waals surface area (Å²) in [5.41, 5.74) is 0. The lowest BCUT2D eigenvalue weighted by atomic mass is 9.84. The first-order valence-corrected chi connectivity index (χ1v) is 6.96. The van der Waals surface area contributed by atoms with E-state index in [1.807, 2.05) is 0 Å². The van der Waals surface area contributed by atoms with Gasteiger partial charge < -0.3 is 15.0 Å². The van der Waals surface area contributed by atoms with Crippen LogP contribution in [-0.2, 0) is 9.53 Å². The molecule has 1 amide bonds. The maximum atomic E-state index is 12.1. The van der Waals surface area contributed by atoms with E-state index in [0.29, 0.717) is 24.0 Å². The number of piperidine rings is 2. The first-order valence-electron chi connectivity index (χ1n) is 6.96. The van der Waals surface area contributed by atoms with Crippen molar-refractivity contribution in [3.05, 3.63) is 0 Å². The van der Waals surface area contributed by atoms with Crippen molar-refractivity contribution in [1.82, 2.24) is 10.2 Å². The molecule has 3 fully saturated rings. The van der Waals surface area contributed by atoms with E-state index < -0.39 is 0 Å². The van der Waals surface area contributed by atoms with Gasteiger partial charge in [0, 0.05) is 25.6 Å². The largest absolute Gasteiger partial charge is 0.376 e. The number of fused-ring (bicyclic) bond motifs is 1. The molecule has 3 saturated heterocycles. The normalized spacial score (nSPS) is 38.2. The zero-order chi connectivity index (χ0) is 11.7. The Morgan fingerprint density at radius 2 is 2.29 bits per heavy atom. The minimum atomic E-state index is 0.299. The second-order valence-corrected chi connectivity index (χ2v) is 5.54. The highest BCUT2D eigenvalue weighted by Gasteiger charge is 2.38. The molecular formula is C13H22N2O2. The van der Waals surface area contributed by atoms with Crippen LogP contribution in [-0.4, -0.2) is 49.2 Å². The molecule has 3 rings (SSSR count). The summed E-state index contributed by atoms with van der Waals surface area (Å²) in [4.78, 5) is 14.2. The quantitative estimate of drug-likeness (QED) is 0.772. The summed E-state index contributed by atoms with van der Waals surface area (Å²) >= 11 is 0. The van der Waals surface area contributed by atoms with Gasteiger partial charge >= 0.3 is 0 Å². The molecule has 0 bridgehead atoms. The Labute approximate surface area is 103 Å². The molecule has 0 radical (unpaired) electrons. The molecule has 3 aliphatic rings. The fraction of sp³-hybridized carbons (Fsp3) is 0.923. The van der Waals surface area contributed by atoms with E-state index in [1.54, 1.807) is 0 Å². The van der Waals surface area contributed by atoms with Crippen LogP contribution in [0.1, 0.15) is 32.1 Å². The number of carbonyl (C=O) groups excluding carboxylic acids is 1. The third kappa shape index (κ3) is 2.33. The Morgan fingerprint density at radius 3 is 3.12 bits per heavy atom. The number of amides is 1. The molecule has 0 aromatic carbocycles. The predicted octanol–water partition coefficient (Wildman–Crippen LogP) is 0.766. The highest BCUT2D eigenvalue weighted by atomic mass is 16.5. The van der Waals surface area contributed by atoms with Crippen molar-refractivity contribution in [1.29, 1.82) is 0 Å². The first kappa shape index (κ1) is 11.5. The SMILES string of the molecule is O=C1CCC2CNCCC2N1CC1CCCO1. The predicted molar refractivity (Wildman–Crippen MR) is 64.7 cm³/mol. The van der Waals surface area contributed by atoms with E-state index in [4.69, 9.17) is 4.74 Å². The molecule has 3 heterocycles. The van der Waals surface area contributed by atoms with Crippen LogP contribution in [0.5, 0.6) is 0 Å². The summed E-state index contributed by atoms with van der Waals surface area (Å²) in [7, 11) is 0. The Hall–Kier alpha value is -0.610. The molecule has 4 heteroatoms. The number of hydrogen-bond donors (Lipinski definition) is 1. The van der Waals surface area contributed by atoms with Gasteiger partial charge in [-0.25, -0.2) is 0 Å². The van der Waals surface area contributed by atoms with Crippen LogP contribution in [0.25, 0.3) is 0 Å². The van der Waals surface area contributed by atoms with E-state index in [2.05, 4.69) is 10.2 Å². The second kappa shape index (κ2) is 4.94. The second-order valence-electron chi connectivity index (χ2n) is 5.54. The molecule has 0 spiro atoms. The van der Waals surface area contributed by atoms with Gasteiger partial charge in [0.15, 0.2) is 0 Å². The Morgan fingerprint density at radius 1 is 1.35 bits per heavy atom. The lowest BCUT2D eigenvalue weighted by molar-refractivity contribution is -0.141. The molecule has 1 N–H and O–H groups in total. The topological polar surface area (TPSA) is 41.6 Å². The van der Waals surface area contributed by atoms with Crippen LogP contribution >= 0.6 is 0 Å². The van der Waals surface area contributed by atoms with E-state index in [9.17, 15) is 4.79 Å². The summed E-state index contributed by atoms with van der Waals surface area (Å²) in [6, 6.07) is 0.474. The fourth-order valence-corrected chi connectivity index (χ4v) is 3.50. The van der Waals surface area contributed by atoms with Crippen LogP contribution in [0.3, 0.4) is 0 Å². The van der Waals surface area contributed by atoms with Crippen molar-refractivity contribution in [2.45, 2.75) is 44.2 Å². The minimum Gasteiger partial charge on any atom is -0.376 e. The molecule has 4 nitrogen and oxygen atoms in total. The summed E-state index contributed by atoms with van der Waals surface area (Å²) in [6.45, 7) is 3.85. The van der Waals surface area contributed by atoms with Crippen LogP contribution in [0, 0.1) is 5.92 Å². The van der Waals surface area contributed by atoms with Gasteiger partial charge in [0.05, 0.1) is 6.10 Å². The summed E-state index contributed by atoms with van der Waals surface area (Å²) < 4.78 is 5.67. The van der Waals surface area contributed by atoms with Crippen LogP contribution in [0.4, 0.5) is 0 Å². The lowest BCUT2D eigenvalue weighted by Gasteiger charge is -2.44. The number of nitrogens with one attached hydrogen (secondary N) is 1. The van der Waals surface area contributed by atoms with E-state index >= 15 is 0 Å². The van der Waals surface area contributed by atoms with Gasteiger partial charge in [-0.2, -0.15) is 0 Å². The number of rotatable bonds is 2. The molecule has 0 aromatic heterocycles. The summed E-state index contributed by atoms with van der Waals surface area (Å²) in [5, 5.41) is 3.44. The first-order chi connectivity index (χ1) is 8.34. The highest BCUT2D eigenvalue weighted by molar-refractivity contribution is 5.77. The van der Waals surface area contributed by atoms with Gasteiger partial charge in [0.25, 0.3) is 0 Å². The van der Waals surface area contributed by atoms with Gasteiger partial charge in [0.1, 0.15) is 0 Å². The van der Waals surface area contributed by atoms with Gasteiger partial charge in [-0.3, -0.25) is 4.79 Å². The molecule has 3 aliphatic heterocycles. The Bertz CT molecular complexity index is 289. The smallest absolute Gasteiger partial charge is 0.222 e. The minimum absolute atomic E-state index is 0.299. The summed E-state index contributed by atoms with van der Waals surface area (Å²) in [6.07, 6.45) is 5.49. The lowest BCUT2D eigenvalue weighted by Crippen LogP contribution is -2.56. The van der Waals surface area contributed by atoms with E-state index in [1.165, 1.54) is 0 Å². The average molecular weight is 238 g/mol. The maximum absolute atomic E-state index is 12.1. The number of hydrogen-bond acceptors (Lipinski definition) is 3. The molecule has 0 aromatic rings. The van der Waals surface area contributed by atoms with Crippen molar-refractivity contribution in [3.8, 4) is 0 Å². The fourth-order valence-electron chi connectivity index (χ4n) is 3.50. The van der Waals surface area contributed by atoms with Crippen molar-refractivity contribution >= 4 is 5.91 Å². The van der Waals surface area contributed by atoms with Crippen molar-refractivity contribution in [3.63, 3.8) is 0 Å². The van der Waals surface area contributed by atoms with Gasteiger partial charge in [0.2, 0.25) is 5.91 Å². The molecule has 0 aliphatic carbocycles. The third-order valence-corrected chi connectivity index (χ3v) is 4.44. The standard InChI is InChI=1S/C13H22N2O2/c16-13-4-3-10-8-14-6-5-12(10)15(13)9-11-2-1-7-17-11/h10-12,14H,1-9H2. The number of carbonyl (C=O) groups is 1. The monoisotopic (exact) mass is 238 g/mol.